The van der Waals surface area contributed by atoms with Gasteiger partial charge in [-0.1, -0.05) is 187 Å². The van der Waals surface area contributed by atoms with Crippen LogP contribution < -0.4 is 0 Å². The van der Waals surface area contributed by atoms with Crippen LogP contribution in [0.5, 0.6) is 0 Å². The summed E-state index contributed by atoms with van der Waals surface area (Å²) in [5.41, 5.74) is 0. The summed E-state index contributed by atoms with van der Waals surface area (Å²) in [6.07, 6.45) is 60.8. The minimum Gasteiger partial charge on any atom is -0.457 e. The maximum absolute atomic E-state index is 12.9. The van der Waals surface area contributed by atoms with Crippen molar-refractivity contribution in [3.8, 4) is 0 Å². The van der Waals surface area contributed by atoms with Crippen LogP contribution in [0.2, 0.25) is 0 Å². The number of rotatable bonds is 46. The molecule has 0 aromatic heterocycles. The van der Waals surface area contributed by atoms with Crippen LogP contribution >= 0.6 is 0 Å². The van der Waals surface area contributed by atoms with Crippen molar-refractivity contribution in [3.63, 3.8) is 0 Å². The van der Waals surface area contributed by atoms with Gasteiger partial charge in [-0.3, -0.25) is 9.35 Å². The highest BCUT2D eigenvalue weighted by Gasteiger charge is 2.48. The van der Waals surface area contributed by atoms with Crippen molar-refractivity contribution < 1.29 is 56.2 Å². The molecule has 0 bridgehead atoms. The van der Waals surface area contributed by atoms with E-state index in [-0.39, 0.29) is 19.6 Å². The summed E-state index contributed by atoms with van der Waals surface area (Å²) in [6, 6.07) is 0. The predicted molar refractivity (Wildman–Crippen MR) is 294 cm³/mol. The molecule has 1 fully saturated rings. The quantitative estimate of drug-likeness (QED) is 0.0197. The molecule has 0 aromatic carbocycles. The summed E-state index contributed by atoms with van der Waals surface area (Å²) in [4.78, 5) is 12.9. The molecule has 0 spiro atoms. The van der Waals surface area contributed by atoms with Crippen molar-refractivity contribution in [3.05, 3.63) is 122 Å². The zero-order valence-electron chi connectivity index (χ0n) is 44.2. The molecule has 0 aromatic rings. The molecule has 1 heterocycles. The number of esters is 1. The van der Waals surface area contributed by atoms with E-state index in [4.69, 9.17) is 18.9 Å². The smallest absolute Gasteiger partial charge is 0.397 e. The molecule has 6 unspecified atom stereocenters. The highest BCUT2D eigenvalue weighted by Crippen LogP contribution is 2.26. The van der Waals surface area contributed by atoms with Gasteiger partial charge in [0.05, 0.1) is 19.8 Å². The second-order valence-corrected chi connectivity index (χ2v) is 19.1. The van der Waals surface area contributed by atoms with Crippen LogP contribution in [-0.2, 0) is 38.3 Å². The SMILES string of the molecule is CC/C=C\C/C=C\C/C=C\C/C=C\C/C=C\C/C=C\C/C=C\CCCCCC(=O)OC(COCCCCCCCCC/C=C\C/C=C\C/C=C\CCCCC)COC1OC(CO)C(O)C(OS(=O)(=O)O)C1O. The number of hydrogen-bond acceptors (Lipinski definition) is 11. The number of ether oxygens (including phenoxy) is 4. The van der Waals surface area contributed by atoms with Crippen molar-refractivity contribution in [1.82, 2.24) is 0 Å². The molecule has 12 nitrogen and oxygen atoms in total. The van der Waals surface area contributed by atoms with Crippen LogP contribution in [0.3, 0.4) is 0 Å². The lowest BCUT2D eigenvalue weighted by Crippen LogP contribution is -2.60. The standard InChI is InChI=1S/C59H96O12S/c1-3-5-7-9-11-13-15-17-19-21-23-25-26-27-28-29-30-32-34-36-38-40-42-44-46-48-55(61)69-53(52-68-59-57(63)58(71-72(64,65)66)56(62)54(50-60)70-59)51-67-49-47-45-43-41-39-37-35-33-31-24-22-20-18-16-14-12-10-8-6-4-2/h5,7,11-14,17-20,23-25,27-28,30-32,36,38,53-54,56-60,62-63H,3-4,6,8-10,15-16,21-22,26,29,33-35,37,39-52H2,1-2H3,(H,64,65,66)/b7-5-,13-11-,14-12-,19-17-,20-18-,25-23-,28-27-,31-24-,32-30-,38-36-. The predicted octanol–water partition coefficient (Wildman–Crippen LogP) is 13.3. The normalized spacial score (nSPS) is 19.9. The van der Waals surface area contributed by atoms with Crippen LogP contribution in [0.4, 0.5) is 0 Å². The van der Waals surface area contributed by atoms with Crippen LogP contribution in [0, 0.1) is 0 Å². The first-order chi connectivity index (χ1) is 35.1. The maximum Gasteiger partial charge on any atom is 0.397 e. The summed E-state index contributed by atoms with van der Waals surface area (Å²) < 4.78 is 59.3. The monoisotopic (exact) mass is 1030 g/mol. The Labute approximate surface area is 436 Å². The van der Waals surface area contributed by atoms with E-state index in [9.17, 15) is 33.1 Å². The number of hydrogen-bond donors (Lipinski definition) is 4. The first kappa shape index (κ1) is 66.5. The Morgan fingerprint density at radius 1 is 0.542 bits per heavy atom. The Hall–Kier alpha value is -3.50. The van der Waals surface area contributed by atoms with Crippen LogP contribution in [0.15, 0.2) is 122 Å². The Bertz CT molecular complexity index is 1710. The molecule has 410 valence electrons. The summed E-state index contributed by atoms with van der Waals surface area (Å²) in [7, 11) is -5.08. The molecule has 13 heteroatoms. The van der Waals surface area contributed by atoms with Crippen LogP contribution in [0.1, 0.15) is 181 Å². The number of carbonyl (C=O) groups excluding carboxylic acids is 1. The third-order valence-electron chi connectivity index (χ3n) is 11.6. The van der Waals surface area contributed by atoms with Gasteiger partial charge in [-0.15, -0.1) is 0 Å². The van der Waals surface area contributed by atoms with Gasteiger partial charge in [0.25, 0.3) is 0 Å². The molecule has 0 amide bonds. The van der Waals surface area contributed by atoms with Gasteiger partial charge < -0.3 is 34.3 Å². The van der Waals surface area contributed by atoms with Gasteiger partial charge in [0.1, 0.15) is 30.5 Å². The van der Waals surface area contributed by atoms with E-state index in [0.717, 1.165) is 109 Å². The zero-order valence-corrected chi connectivity index (χ0v) is 45.0. The van der Waals surface area contributed by atoms with E-state index < -0.39 is 59.8 Å². The molecule has 1 aliphatic rings. The third-order valence-corrected chi connectivity index (χ3v) is 12.0. The molecular formula is C59H96O12S. The highest BCUT2D eigenvalue weighted by atomic mass is 32.3. The Kier molecular flexibility index (Phi) is 44.7. The summed E-state index contributed by atoms with van der Waals surface area (Å²) >= 11 is 0. The topological polar surface area (TPSA) is 178 Å². The number of unbranched alkanes of at least 4 members (excludes halogenated alkanes) is 13. The molecule has 0 radical (unpaired) electrons. The number of carbonyl (C=O) groups is 1. The van der Waals surface area contributed by atoms with E-state index in [1.54, 1.807) is 0 Å². The van der Waals surface area contributed by atoms with Crippen molar-refractivity contribution in [2.75, 3.05) is 26.4 Å². The fraction of sp³-hybridized carbons (Fsp3) is 0.644. The molecule has 0 aliphatic carbocycles. The summed E-state index contributed by atoms with van der Waals surface area (Å²) in [5.74, 6) is -0.439. The lowest BCUT2D eigenvalue weighted by atomic mass is 9.99. The van der Waals surface area contributed by atoms with Gasteiger partial charge in [-0.25, -0.2) is 4.18 Å². The molecule has 1 saturated heterocycles. The second kappa shape index (κ2) is 48.4. The van der Waals surface area contributed by atoms with E-state index >= 15 is 0 Å². The second-order valence-electron chi connectivity index (χ2n) is 18.1. The first-order valence-corrected chi connectivity index (χ1v) is 28.7. The van der Waals surface area contributed by atoms with Gasteiger partial charge in [0.15, 0.2) is 6.29 Å². The van der Waals surface area contributed by atoms with Gasteiger partial charge in [0.2, 0.25) is 0 Å². The summed E-state index contributed by atoms with van der Waals surface area (Å²) in [6.45, 7) is 3.77. The minimum atomic E-state index is -5.08. The van der Waals surface area contributed by atoms with Crippen molar-refractivity contribution in [2.24, 2.45) is 0 Å². The van der Waals surface area contributed by atoms with E-state index in [2.05, 4.69) is 140 Å². The Morgan fingerprint density at radius 2 is 0.958 bits per heavy atom. The van der Waals surface area contributed by atoms with E-state index in [0.29, 0.717) is 13.0 Å². The molecule has 72 heavy (non-hydrogen) atoms. The fourth-order valence-corrected chi connectivity index (χ4v) is 7.99. The summed E-state index contributed by atoms with van der Waals surface area (Å²) in [5, 5.41) is 30.8. The Balaban J connectivity index is 2.40. The highest BCUT2D eigenvalue weighted by molar-refractivity contribution is 7.80. The van der Waals surface area contributed by atoms with Crippen molar-refractivity contribution in [2.45, 2.75) is 218 Å². The van der Waals surface area contributed by atoms with Gasteiger partial charge >= 0.3 is 16.4 Å². The molecular weight excluding hydrogens is 933 g/mol. The average Bonchev–Trinajstić information content (AvgIpc) is 3.36. The van der Waals surface area contributed by atoms with Crippen molar-refractivity contribution in [1.29, 1.82) is 0 Å². The zero-order chi connectivity index (χ0) is 52.4. The maximum atomic E-state index is 12.9. The number of aliphatic hydroxyl groups excluding tert-OH is 3. The average molecular weight is 1030 g/mol. The molecule has 4 N–H and O–H groups in total. The van der Waals surface area contributed by atoms with E-state index in [1.165, 1.54) is 44.9 Å². The van der Waals surface area contributed by atoms with Crippen LogP contribution in [-0.4, -0.2) is 97.5 Å². The Morgan fingerprint density at radius 3 is 1.40 bits per heavy atom. The lowest BCUT2D eigenvalue weighted by molar-refractivity contribution is -0.301. The van der Waals surface area contributed by atoms with Gasteiger partial charge in [-0.05, 0) is 109 Å². The van der Waals surface area contributed by atoms with Crippen LogP contribution in [0.25, 0.3) is 0 Å². The third kappa shape index (κ3) is 40.9. The molecule has 1 rings (SSSR count). The lowest BCUT2D eigenvalue weighted by Gasteiger charge is -2.41. The van der Waals surface area contributed by atoms with E-state index in [1.807, 2.05) is 0 Å². The number of allylic oxidation sites excluding steroid dienone is 20. The van der Waals surface area contributed by atoms with Gasteiger partial charge in [0, 0.05) is 13.0 Å². The first-order valence-electron chi connectivity index (χ1n) is 27.3. The molecule has 1 aliphatic heterocycles. The number of aliphatic hydroxyl groups is 3. The largest absolute Gasteiger partial charge is 0.457 e. The van der Waals surface area contributed by atoms with Crippen molar-refractivity contribution >= 4 is 16.4 Å². The molecule has 0 saturated carbocycles. The van der Waals surface area contributed by atoms with Gasteiger partial charge in [-0.2, -0.15) is 8.42 Å². The fourth-order valence-electron chi connectivity index (χ4n) is 7.48. The minimum absolute atomic E-state index is 0.00655. The molecule has 6 atom stereocenters.